The maximum Gasteiger partial charge on any atom is 0.341 e. The van der Waals surface area contributed by atoms with Gasteiger partial charge in [0, 0.05) is 12.6 Å². The first kappa shape index (κ1) is 13.9. The van der Waals surface area contributed by atoms with Gasteiger partial charge in [-0.2, -0.15) is 5.10 Å². The number of hydrogen-bond donors (Lipinski definition) is 1. The molecule has 6 nitrogen and oxygen atoms in total. The van der Waals surface area contributed by atoms with Gasteiger partial charge in [0.15, 0.2) is 12.4 Å². The number of nitrogens with zero attached hydrogens (tertiary/aromatic N) is 3. The molecule has 20 heavy (non-hydrogen) atoms. The van der Waals surface area contributed by atoms with Gasteiger partial charge in [-0.25, -0.2) is 23.2 Å². The van der Waals surface area contributed by atoms with Crippen molar-refractivity contribution in [3.8, 4) is 0 Å². The third-order valence-electron chi connectivity index (χ3n) is 2.63. The minimum Gasteiger partial charge on any atom is -0.454 e. The summed E-state index contributed by atoms with van der Waals surface area (Å²) in [5, 5.41) is 3.89. The van der Waals surface area contributed by atoms with Crippen LogP contribution in [0.15, 0.2) is 18.5 Å². The van der Waals surface area contributed by atoms with Crippen LogP contribution >= 0.6 is 0 Å². The molecule has 1 aromatic heterocycles. The zero-order valence-electron chi connectivity index (χ0n) is 10.6. The molecule has 0 bridgehead atoms. The molecule has 0 atom stereocenters. The molecule has 0 amide bonds. The second-order valence-corrected chi connectivity index (χ2v) is 3.92. The minimum absolute atomic E-state index is 0.182. The maximum atomic E-state index is 13.5. The van der Waals surface area contributed by atoms with E-state index in [-0.39, 0.29) is 12.3 Å². The Hall–Kier alpha value is -2.51. The van der Waals surface area contributed by atoms with Crippen LogP contribution in [0, 0.1) is 11.6 Å². The Labute approximate surface area is 113 Å². The molecular formula is C12H12F2N4O2. The van der Waals surface area contributed by atoms with E-state index in [1.165, 1.54) is 11.0 Å². The van der Waals surface area contributed by atoms with Crippen LogP contribution in [0.4, 0.5) is 14.5 Å². The molecule has 8 heteroatoms. The number of rotatable bonds is 4. The topological polar surface area (TPSA) is 83.0 Å². The van der Waals surface area contributed by atoms with Crippen LogP contribution in [-0.4, -0.2) is 20.7 Å². The quantitative estimate of drug-likeness (QED) is 0.679. The number of nitrogen functional groups attached to an aromatic ring is 1. The molecule has 0 radical (unpaired) electrons. The van der Waals surface area contributed by atoms with E-state index in [0.29, 0.717) is 18.4 Å². The summed E-state index contributed by atoms with van der Waals surface area (Å²) in [5.74, 6) is -2.40. The van der Waals surface area contributed by atoms with E-state index in [2.05, 4.69) is 10.1 Å². The summed E-state index contributed by atoms with van der Waals surface area (Å²) in [5.41, 5.74) is 4.30. The molecule has 2 rings (SSSR count). The number of halogens is 2. The normalized spacial score (nSPS) is 10.6. The van der Waals surface area contributed by atoms with Gasteiger partial charge in [-0.3, -0.25) is 0 Å². The summed E-state index contributed by atoms with van der Waals surface area (Å²) in [6, 6.07) is 1.44. The Morgan fingerprint density at radius 2 is 2.15 bits per heavy atom. The minimum atomic E-state index is -0.993. The van der Waals surface area contributed by atoms with Gasteiger partial charge in [-0.05, 0) is 13.0 Å². The van der Waals surface area contributed by atoms with E-state index in [1.54, 1.807) is 0 Å². The molecule has 0 aliphatic carbocycles. The van der Waals surface area contributed by atoms with Crippen LogP contribution in [0.2, 0.25) is 0 Å². The van der Waals surface area contributed by atoms with Crippen molar-refractivity contribution in [1.29, 1.82) is 0 Å². The lowest BCUT2D eigenvalue weighted by Crippen LogP contribution is -2.12. The molecule has 0 fully saturated rings. The van der Waals surface area contributed by atoms with Crippen LogP contribution in [0.25, 0.3) is 0 Å². The molecule has 2 aromatic rings. The van der Waals surface area contributed by atoms with Gasteiger partial charge in [0.05, 0.1) is 11.3 Å². The molecule has 106 valence electrons. The molecule has 0 aliphatic rings. The van der Waals surface area contributed by atoms with Crippen molar-refractivity contribution in [3.05, 3.63) is 41.5 Å². The van der Waals surface area contributed by atoms with Crippen molar-refractivity contribution in [2.75, 3.05) is 5.73 Å². The van der Waals surface area contributed by atoms with Gasteiger partial charge in [0.1, 0.15) is 18.0 Å². The Morgan fingerprint density at radius 1 is 1.40 bits per heavy atom. The zero-order valence-corrected chi connectivity index (χ0v) is 10.6. The van der Waals surface area contributed by atoms with Crippen molar-refractivity contribution in [3.63, 3.8) is 0 Å². The third-order valence-corrected chi connectivity index (χ3v) is 2.63. The summed E-state index contributed by atoms with van der Waals surface area (Å²) >= 11 is 0. The average molecular weight is 282 g/mol. The average Bonchev–Trinajstić information content (AvgIpc) is 2.87. The fourth-order valence-electron chi connectivity index (χ4n) is 1.59. The lowest BCUT2D eigenvalue weighted by molar-refractivity contribution is 0.0451. The number of hydrogen-bond acceptors (Lipinski definition) is 5. The Morgan fingerprint density at radius 3 is 2.85 bits per heavy atom. The third kappa shape index (κ3) is 2.73. The molecule has 0 unspecified atom stereocenters. The number of anilines is 1. The van der Waals surface area contributed by atoms with Crippen molar-refractivity contribution in [1.82, 2.24) is 14.8 Å². The monoisotopic (exact) mass is 282 g/mol. The lowest BCUT2D eigenvalue weighted by Gasteiger charge is -2.07. The van der Waals surface area contributed by atoms with Crippen molar-refractivity contribution >= 4 is 11.7 Å². The number of aryl methyl sites for hydroxylation is 1. The van der Waals surface area contributed by atoms with Crippen molar-refractivity contribution in [2.45, 2.75) is 20.1 Å². The van der Waals surface area contributed by atoms with Crippen molar-refractivity contribution in [2.24, 2.45) is 0 Å². The first-order valence-electron chi connectivity index (χ1n) is 5.81. The van der Waals surface area contributed by atoms with E-state index < -0.39 is 23.2 Å². The van der Waals surface area contributed by atoms with E-state index in [0.717, 1.165) is 6.07 Å². The lowest BCUT2D eigenvalue weighted by atomic mass is 10.2. The Bertz CT molecular complexity index is 642. The number of benzene rings is 1. The molecule has 0 saturated heterocycles. The number of ether oxygens (including phenoxy) is 1. The second-order valence-electron chi connectivity index (χ2n) is 3.92. The van der Waals surface area contributed by atoms with Crippen LogP contribution in [0.5, 0.6) is 0 Å². The number of aromatic nitrogens is 3. The molecular weight excluding hydrogens is 270 g/mol. The second kappa shape index (κ2) is 5.64. The molecule has 1 aromatic carbocycles. The van der Waals surface area contributed by atoms with Crippen LogP contribution in [0.1, 0.15) is 23.1 Å². The van der Waals surface area contributed by atoms with E-state index in [1.807, 2.05) is 6.92 Å². The Kier molecular flexibility index (Phi) is 3.92. The van der Waals surface area contributed by atoms with Gasteiger partial charge in [-0.15, -0.1) is 0 Å². The molecule has 0 saturated carbocycles. The van der Waals surface area contributed by atoms with E-state index in [9.17, 15) is 13.6 Å². The van der Waals surface area contributed by atoms with Gasteiger partial charge in [-0.1, -0.05) is 0 Å². The number of carbonyl (C=O) groups is 1. The number of esters is 1. The summed E-state index contributed by atoms with van der Waals surface area (Å²) < 4.78 is 33.1. The summed E-state index contributed by atoms with van der Waals surface area (Å²) in [4.78, 5) is 15.6. The first-order chi connectivity index (χ1) is 9.52. The highest BCUT2D eigenvalue weighted by Gasteiger charge is 2.17. The van der Waals surface area contributed by atoms with E-state index in [4.69, 9.17) is 10.5 Å². The van der Waals surface area contributed by atoms with Gasteiger partial charge in [0.25, 0.3) is 0 Å². The highest BCUT2D eigenvalue weighted by Crippen LogP contribution is 2.17. The molecule has 1 heterocycles. The molecule has 0 aliphatic heterocycles. The van der Waals surface area contributed by atoms with Crippen LogP contribution in [-0.2, 0) is 17.9 Å². The highest BCUT2D eigenvalue weighted by atomic mass is 19.1. The first-order valence-corrected chi connectivity index (χ1v) is 5.81. The van der Waals surface area contributed by atoms with Gasteiger partial charge >= 0.3 is 5.97 Å². The fraction of sp³-hybridized carbons (Fsp3) is 0.250. The van der Waals surface area contributed by atoms with Crippen LogP contribution < -0.4 is 5.73 Å². The summed E-state index contributed by atoms with van der Waals surface area (Å²) in [7, 11) is 0. The number of carbonyl (C=O) groups excluding carboxylic acids is 1. The van der Waals surface area contributed by atoms with Gasteiger partial charge in [0.2, 0.25) is 0 Å². The summed E-state index contributed by atoms with van der Waals surface area (Å²) in [6.07, 6.45) is 1.32. The van der Waals surface area contributed by atoms with E-state index >= 15 is 0 Å². The maximum absolute atomic E-state index is 13.5. The fourth-order valence-corrected chi connectivity index (χ4v) is 1.59. The molecule has 0 spiro atoms. The highest BCUT2D eigenvalue weighted by molar-refractivity contribution is 5.90. The standard InChI is InChI=1S/C12H12F2N4O2/c1-2-18-11(16-6-17-18)5-20-12(19)7-3-9(14)10(15)4-8(7)13/h3-4,6H,2,5,15H2,1H3. The number of nitrogens with two attached hydrogens (primary N) is 1. The van der Waals surface area contributed by atoms with Gasteiger partial charge < -0.3 is 10.5 Å². The predicted molar refractivity (Wildman–Crippen MR) is 65.6 cm³/mol. The van der Waals surface area contributed by atoms with Crippen molar-refractivity contribution < 1.29 is 18.3 Å². The smallest absolute Gasteiger partial charge is 0.341 e. The molecule has 2 N–H and O–H groups in total. The Balaban J connectivity index is 2.11. The van der Waals surface area contributed by atoms with Crippen LogP contribution in [0.3, 0.4) is 0 Å². The predicted octanol–water partition coefficient (Wildman–Crippen LogP) is 1.52. The zero-order chi connectivity index (χ0) is 14.7. The SMILES string of the molecule is CCn1ncnc1COC(=O)c1cc(F)c(N)cc1F. The largest absolute Gasteiger partial charge is 0.454 e. The summed E-state index contributed by atoms with van der Waals surface area (Å²) in [6.45, 7) is 2.21.